The molecule has 11 aromatic carbocycles. The lowest BCUT2D eigenvalue weighted by atomic mass is 9.68. The number of phenolic OH excluding ortho intramolecular Hbond substituents is 3. The second-order valence-corrected chi connectivity index (χ2v) is 38.1. The third kappa shape index (κ3) is 34.4. The summed E-state index contributed by atoms with van der Waals surface area (Å²) in [6.07, 6.45) is 5.90. The van der Waals surface area contributed by atoms with Gasteiger partial charge in [-0.25, -0.2) is 0 Å². The molecule has 0 aliphatic rings. The molecular formula is C122H162O23. The molecule has 23 heteroatoms. The van der Waals surface area contributed by atoms with E-state index >= 15 is 0 Å². The van der Waals surface area contributed by atoms with Crippen LogP contribution in [0.4, 0.5) is 0 Å². The van der Waals surface area contributed by atoms with Gasteiger partial charge in [0.05, 0.1) is 92.5 Å². The number of aryl methyl sites for hydroxylation is 1. The van der Waals surface area contributed by atoms with Crippen LogP contribution in [0.25, 0.3) is 0 Å². The van der Waals surface area contributed by atoms with Crippen LogP contribution in [-0.2, 0) is 170 Å². The molecule has 23 nitrogen and oxygen atoms in total. The van der Waals surface area contributed by atoms with Crippen molar-refractivity contribution >= 4 is 5.97 Å². The molecule has 0 aliphatic carbocycles. The molecule has 0 saturated carbocycles. The zero-order chi connectivity index (χ0) is 106. The lowest BCUT2D eigenvalue weighted by Crippen LogP contribution is -2.27. The Balaban J connectivity index is 0.000000260. The normalized spacial score (nSPS) is 12.4. The third-order valence-electron chi connectivity index (χ3n) is 26.8. The van der Waals surface area contributed by atoms with E-state index in [1.165, 1.54) is 29.2 Å². The first-order valence-corrected chi connectivity index (χ1v) is 50.1. The molecular weight excluding hydrogens is 1830 g/mol. The van der Waals surface area contributed by atoms with Crippen molar-refractivity contribution in [3.63, 3.8) is 0 Å². The number of aromatic hydroxyl groups is 3. The number of esters is 1. The van der Waals surface area contributed by atoms with E-state index in [-0.39, 0.29) is 61.9 Å². The van der Waals surface area contributed by atoms with Crippen molar-refractivity contribution in [1.29, 1.82) is 0 Å². The third-order valence-corrected chi connectivity index (χ3v) is 26.8. The Bertz CT molecular complexity index is 5550. The molecule has 11 aromatic rings. The van der Waals surface area contributed by atoms with Gasteiger partial charge in [0.25, 0.3) is 0 Å². The van der Waals surface area contributed by atoms with Crippen molar-refractivity contribution in [3.05, 3.63) is 328 Å². The number of ether oxygens (including phenoxy) is 19. The molecule has 0 radical (unpaired) electrons. The van der Waals surface area contributed by atoms with Gasteiger partial charge in [-0.2, -0.15) is 0 Å². The van der Waals surface area contributed by atoms with Crippen LogP contribution in [0, 0.1) is 6.92 Å². The van der Waals surface area contributed by atoms with Crippen molar-refractivity contribution < 1.29 is 110 Å². The molecule has 0 aromatic heterocycles. The molecule has 0 fully saturated rings. The molecule has 3 N–H and O–H groups in total. The van der Waals surface area contributed by atoms with Crippen LogP contribution >= 0.6 is 0 Å². The van der Waals surface area contributed by atoms with Gasteiger partial charge in [0.15, 0.2) is 0 Å². The summed E-state index contributed by atoms with van der Waals surface area (Å²) in [5, 5.41) is 32.7. The van der Waals surface area contributed by atoms with E-state index in [1.54, 1.807) is 85.3 Å². The smallest absolute Gasteiger partial charge is 0.308 e. The second-order valence-electron chi connectivity index (χ2n) is 38.1. The minimum absolute atomic E-state index is 0.138. The van der Waals surface area contributed by atoms with Crippen LogP contribution in [0.2, 0.25) is 0 Å². The van der Waals surface area contributed by atoms with Crippen LogP contribution in [0.3, 0.4) is 0 Å². The first-order valence-electron chi connectivity index (χ1n) is 50.1. The van der Waals surface area contributed by atoms with Crippen molar-refractivity contribution in [2.45, 2.75) is 249 Å². The molecule has 145 heavy (non-hydrogen) atoms. The number of methoxy groups -OCH3 is 12. The Kier molecular flexibility index (Phi) is 49.7. The fraction of sp³-hybridized carbons (Fsp3) is 0.451. The maximum atomic E-state index is 11.5. The molecule has 0 aliphatic heterocycles. The average molecular weight is 2000 g/mol. The van der Waals surface area contributed by atoms with Gasteiger partial charge < -0.3 is 105 Å². The fourth-order valence-electron chi connectivity index (χ4n) is 17.4. The molecule has 788 valence electrons. The zero-order valence-electron chi connectivity index (χ0n) is 91.0. The first kappa shape index (κ1) is 119. The van der Waals surface area contributed by atoms with Crippen molar-refractivity contribution in [2.24, 2.45) is 0 Å². The topological polar surface area (TPSA) is 253 Å². The zero-order valence-corrected chi connectivity index (χ0v) is 91.0. The van der Waals surface area contributed by atoms with Gasteiger partial charge in [0, 0.05) is 183 Å². The van der Waals surface area contributed by atoms with Crippen LogP contribution < -0.4 is 33.2 Å². The Hall–Kier alpha value is -11.4. The Labute approximate surface area is 863 Å². The Morgan fingerprint density at radius 2 is 0.552 bits per heavy atom. The highest BCUT2D eigenvalue weighted by atomic mass is 16.7. The molecule has 4 atom stereocenters. The summed E-state index contributed by atoms with van der Waals surface area (Å²) in [6, 6.07) is 66.3. The predicted octanol–water partition coefficient (Wildman–Crippen LogP) is 25.9. The SMILES string of the molecule is CCC(C)(C)c1ccc(OCCc2cc(COC)c(O)c(COC)c2)cc1.CCC(C)c1ccc(OCCOc2c(COC)cc(C(C)(c3ccc(C(C)(C)c4cc(COC)c(O)c(COC)c4)cc3)c3cc(COC)c(O)c(COC)c3)cc2COC)cc1.CCC(C)c1ccc(OCCc2cc(COC)c(OC(C)=O)c(COC)c2)cc1.CCC(C)c1ccc(OCOc2c(COC)cc(C)cc2COC)cc1. The maximum absolute atomic E-state index is 11.5. The predicted molar refractivity (Wildman–Crippen MR) is 573 cm³/mol. The highest BCUT2D eigenvalue weighted by molar-refractivity contribution is 5.71. The van der Waals surface area contributed by atoms with Crippen molar-refractivity contribution in [1.82, 2.24) is 0 Å². The molecule has 0 saturated heterocycles. The summed E-state index contributed by atoms with van der Waals surface area (Å²) in [6.45, 7) is 35.9. The van der Waals surface area contributed by atoms with Gasteiger partial charge in [0.1, 0.15) is 70.7 Å². The standard InChI is InChI=1S/C53H68O10.C24H32O5.C23H32O4.C22H30O4/c1-12-35(2)36-13-19-48(20-14-36)62-21-22-63-51-41(33-60-10)27-47(28-42(51)34-61-11)53(5,46-25-39(31-58-8)50(55)40(26-46)32-59-9)44-17-15-43(16-18-44)52(3,4)45-23-37(29-56-6)49(54)38(24-45)30-57-7;1-6-17(2)20-7-9-23(10-8-20)28-12-11-19-13-21(15-26-4)24(29-18(3)25)22(14-19)16-27-5;1-6-23(2,3)20-7-9-21(10-8-20)27-12-11-17-13-18(15-25-4)22(24)19(14-17)16-26-5;1-6-17(3)18-7-9-21(10-8-18)25-15-26-22-19(13-23-4)11-16(2)12-20(22)14-24-5/h13-20,23-28,35,54-55H,12,21-22,29-34H2,1-11H3;7-10,13-14,17H,6,11-12,15-16H2,1-5H3;7-10,13-14,24H,6,11-12,15-16H2,1-5H3;7-12,17H,6,13-15H2,1-5H3. The molecule has 0 bridgehead atoms. The van der Waals surface area contributed by atoms with Crippen molar-refractivity contribution in [3.8, 4) is 57.5 Å². The summed E-state index contributed by atoms with van der Waals surface area (Å²) >= 11 is 0. The number of benzene rings is 11. The summed E-state index contributed by atoms with van der Waals surface area (Å²) in [5.74, 6) is 7.14. The number of phenols is 3. The van der Waals surface area contributed by atoms with Gasteiger partial charge in [-0.15, -0.1) is 0 Å². The summed E-state index contributed by atoms with van der Waals surface area (Å²) < 4.78 is 107. The highest BCUT2D eigenvalue weighted by Crippen LogP contribution is 2.47. The van der Waals surface area contributed by atoms with E-state index in [1.807, 2.05) is 97.1 Å². The van der Waals surface area contributed by atoms with Crippen LogP contribution in [0.5, 0.6) is 57.5 Å². The lowest BCUT2D eigenvalue weighted by Gasteiger charge is -2.35. The number of rotatable bonds is 55. The summed E-state index contributed by atoms with van der Waals surface area (Å²) in [4.78, 5) is 11.5. The summed E-state index contributed by atoms with van der Waals surface area (Å²) in [7, 11) is 19.7. The fourth-order valence-corrected chi connectivity index (χ4v) is 17.4. The highest BCUT2D eigenvalue weighted by Gasteiger charge is 2.37. The Morgan fingerprint density at radius 1 is 0.290 bits per heavy atom. The van der Waals surface area contributed by atoms with Gasteiger partial charge in [-0.1, -0.05) is 167 Å². The number of carbonyl (C=O) groups is 1. The van der Waals surface area contributed by atoms with Gasteiger partial charge in [-0.05, 0) is 233 Å². The van der Waals surface area contributed by atoms with E-state index in [9.17, 15) is 20.1 Å². The minimum Gasteiger partial charge on any atom is -0.507 e. The van der Waals surface area contributed by atoms with E-state index < -0.39 is 10.8 Å². The Morgan fingerprint density at radius 3 is 0.883 bits per heavy atom. The molecule has 11 rings (SSSR count). The van der Waals surface area contributed by atoms with E-state index in [2.05, 4.69) is 187 Å². The molecule has 4 unspecified atom stereocenters. The lowest BCUT2D eigenvalue weighted by molar-refractivity contribution is -0.132. The van der Waals surface area contributed by atoms with Crippen LogP contribution in [0.15, 0.2) is 194 Å². The van der Waals surface area contributed by atoms with Gasteiger partial charge in [0.2, 0.25) is 6.79 Å². The second kappa shape index (κ2) is 60.6. The van der Waals surface area contributed by atoms with Gasteiger partial charge in [-0.3, -0.25) is 4.79 Å². The van der Waals surface area contributed by atoms with E-state index in [0.29, 0.717) is 131 Å². The van der Waals surface area contributed by atoms with Crippen LogP contribution in [-0.4, -0.2) is 140 Å². The largest absolute Gasteiger partial charge is 0.507 e. The quantitative estimate of drug-likeness (QED) is 0.0105. The van der Waals surface area contributed by atoms with Gasteiger partial charge >= 0.3 is 5.97 Å². The first-order chi connectivity index (χ1) is 69.8. The maximum Gasteiger partial charge on any atom is 0.308 e. The van der Waals surface area contributed by atoms with Crippen molar-refractivity contribution in [2.75, 3.05) is 119 Å². The number of hydrogen-bond acceptors (Lipinski definition) is 23. The number of hydrogen-bond donors (Lipinski definition) is 3. The van der Waals surface area contributed by atoms with E-state index in [0.717, 1.165) is 156 Å². The molecule has 0 spiro atoms. The monoisotopic (exact) mass is 2000 g/mol. The average Bonchev–Trinajstić information content (AvgIpc) is 0.736. The van der Waals surface area contributed by atoms with Crippen LogP contribution in [0.1, 0.15) is 267 Å². The minimum atomic E-state index is -0.786. The number of carbonyl (C=O) groups excluding carboxylic acids is 1. The summed E-state index contributed by atoms with van der Waals surface area (Å²) in [5.41, 5.74) is 22.2. The molecule has 0 heterocycles. The molecule has 0 amide bonds. The van der Waals surface area contributed by atoms with E-state index in [4.69, 9.17) is 90.0 Å².